The van der Waals surface area contributed by atoms with Crippen molar-refractivity contribution in [3.63, 3.8) is 0 Å². The van der Waals surface area contributed by atoms with Crippen molar-refractivity contribution in [2.75, 3.05) is 39.1 Å². The Morgan fingerprint density at radius 3 is 2.11 bits per heavy atom. The van der Waals surface area contributed by atoms with E-state index in [1.165, 1.54) is 11.3 Å². The van der Waals surface area contributed by atoms with E-state index in [1.54, 1.807) is 0 Å². The van der Waals surface area contributed by atoms with Crippen LogP contribution in [-0.4, -0.2) is 60.5 Å². The van der Waals surface area contributed by atoms with Crippen LogP contribution in [0.5, 0.6) is 0 Å². The molecule has 196 valence electrons. The molecule has 0 spiro atoms. The van der Waals surface area contributed by atoms with Gasteiger partial charge in [-0.05, 0) is 7.05 Å². The number of benzene rings is 3. The van der Waals surface area contributed by atoms with Crippen LogP contribution in [-0.2, 0) is 20.0 Å². The van der Waals surface area contributed by atoms with Crippen LogP contribution in [0.4, 0.5) is 5.13 Å². The molecule has 38 heavy (non-hydrogen) atoms. The third-order valence-electron chi connectivity index (χ3n) is 6.05. The number of oxime groups is 1. The lowest BCUT2D eigenvalue weighted by molar-refractivity contribution is -0.129. The molecule has 3 aromatic carbocycles. The maximum Gasteiger partial charge on any atom is 0.350 e. The Morgan fingerprint density at radius 1 is 1.03 bits per heavy atom. The fraction of sp³-hybridized carbons (Fsp3) is 0.207. The zero-order chi connectivity index (χ0) is 26.8. The summed E-state index contributed by atoms with van der Waals surface area (Å²) >= 11 is 1.35. The Morgan fingerprint density at radius 2 is 1.61 bits per heavy atom. The quantitative estimate of drug-likeness (QED) is 0.202. The summed E-state index contributed by atoms with van der Waals surface area (Å²) in [6.07, 6.45) is 0.740. The standard InChI is InChI=1S/C24H19N3O3S.C5H11NO/c25-23-27-21(16-31-23)19-13-7-8-14-20(19)24(30-26-15-22(28)29,17-9-3-1-4-10-17)18-11-5-2-6-12-18;1-6-2-4-7-5-3-6/h1-16H,(H2,25,27)(H,28,29);2-5H2,1H3. The molecule has 2 heterocycles. The normalized spacial score (nSPS) is 14.0. The smallest absolute Gasteiger partial charge is 0.350 e. The number of anilines is 1. The van der Waals surface area contributed by atoms with Crippen molar-refractivity contribution in [1.29, 1.82) is 0 Å². The molecule has 0 unspecified atom stereocenters. The average Bonchev–Trinajstić information content (AvgIpc) is 3.39. The Bertz CT molecular complexity index is 1300. The molecular formula is C29H30N4O4S. The summed E-state index contributed by atoms with van der Waals surface area (Å²) in [7, 11) is 2.11. The first-order chi connectivity index (χ1) is 18.5. The lowest BCUT2D eigenvalue weighted by Crippen LogP contribution is -2.32. The van der Waals surface area contributed by atoms with Gasteiger partial charge in [0.1, 0.15) is 0 Å². The predicted molar refractivity (Wildman–Crippen MR) is 150 cm³/mol. The van der Waals surface area contributed by atoms with Crippen molar-refractivity contribution < 1.29 is 19.5 Å². The van der Waals surface area contributed by atoms with Crippen LogP contribution < -0.4 is 5.73 Å². The number of nitrogens with zero attached hydrogens (tertiary/aromatic N) is 3. The molecule has 9 heteroatoms. The largest absolute Gasteiger partial charge is 0.477 e. The van der Waals surface area contributed by atoms with Gasteiger partial charge in [0.05, 0.1) is 18.9 Å². The molecule has 0 aliphatic carbocycles. The molecule has 0 bridgehead atoms. The average molecular weight is 531 g/mol. The SMILES string of the molecule is CN1CCOCC1.Nc1nc(-c2ccccc2C(ON=CC(=O)O)(c2ccccc2)c2ccccc2)cs1. The van der Waals surface area contributed by atoms with Gasteiger partial charge in [-0.2, -0.15) is 0 Å². The summed E-state index contributed by atoms with van der Waals surface area (Å²) in [5.41, 5.74) is 8.55. The summed E-state index contributed by atoms with van der Waals surface area (Å²) in [5, 5.41) is 15.3. The Labute approximate surface area is 226 Å². The van der Waals surface area contributed by atoms with E-state index in [0.717, 1.165) is 54.8 Å². The van der Waals surface area contributed by atoms with Gasteiger partial charge in [0, 0.05) is 40.7 Å². The molecule has 0 amide bonds. The number of carboxylic acid groups (broad SMARTS) is 1. The number of nitrogen functional groups attached to an aromatic ring is 1. The number of aliphatic carboxylic acids is 1. The first kappa shape index (κ1) is 27.0. The number of carboxylic acids is 1. The summed E-state index contributed by atoms with van der Waals surface area (Å²) in [5.74, 6) is -1.20. The maximum absolute atomic E-state index is 11.1. The highest BCUT2D eigenvalue weighted by atomic mass is 32.1. The Hall–Kier alpha value is -4.05. The molecule has 1 aromatic heterocycles. The van der Waals surface area contributed by atoms with Crippen molar-refractivity contribution in [2.45, 2.75) is 5.60 Å². The highest BCUT2D eigenvalue weighted by molar-refractivity contribution is 7.13. The van der Waals surface area contributed by atoms with Gasteiger partial charge in [-0.25, -0.2) is 9.78 Å². The molecular weight excluding hydrogens is 500 g/mol. The Kier molecular flexibility index (Phi) is 9.21. The van der Waals surface area contributed by atoms with E-state index in [4.69, 9.17) is 20.4 Å². The minimum atomic E-state index is -1.22. The van der Waals surface area contributed by atoms with Gasteiger partial charge >= 0.3 is 5.97 Å². The van der Waals surface area contributed by atoms with E-state index in [1.807, 2.05) is 90.3 Å². The molecule has 4 aromatic rings. The van der Waals surface area contributed by atoms with Crippen molar-refractivity contribution in [2.24, 2.45) is 5.16 Å². The number of nitrogens with two attached hydrogens (primary N) is 1. The highest BCUT2D eigenvalue weighted by Crippen LogP contribution is 2.44. The first-order valence-corrected chi connectivity index (χ1v) is 13.0. The number of rotatable bonds is 7. The van der Waals surface area contributed by atoms with E-state index in [9.17, 15) is 4.79 Å². The number of morpholine rings is 1. The minimum absolute atomic E-state index is 0.458. The molecule has 1 aliphatic heterocycles. The summed E-state index contributed by atoms with van der Waals surface area (Å²) in [4.78, 5) is 24.0. The number of ether oxygens (including phenoxy) is 1. The zero-order valence-corrected chi connectivity index (χ0v) is 21.9. The van der Waals surface area contributed by atoms with Crippen LogP contribution in [0.25, 0.3) is 11.3 Å². The lowest BCUT2D eigenvalue weighted by atomic mass is 9.78. The van der Waals surface area contributed by atoms with Crippen LogP contribution in [0.2, 0.25) is 0 Å². The number of hydrogen-bond donors (Lipinski definition) is 2. The van der Waals surface area contributed by atoms with Gasteiger partial charge < -0.3 is 25.3 Å². The van der Waals surface area contributed by atoms with E-state index in [0.29, 0.717) is 10.8 Å². The topological polar surface area (TPSA) is 110 Å². The number of likely N-dealkylation sites (N-methyl/N-ethyl adjacent to an activating group) is 1. The van der Waals surface area contributed by atoms with Gasteiger partial charge in [0.25, 0.3) is 0 Å². The molecule has 0 atom stereocenters. The number of hydrogen-bond acceptors (Lipinski definition) is 8. The van der Waals surface area contributed by atoms with Crippen molar-refractivity contribution in [3.8, 4) is 11.3 Å². The lowest BCUT2D eigenvalue weighted by Gasteiger charge is -2.34. The van der Waals surface area contributed by atoms with E-state index in [-0.39, 0.29) is 0 Å². The van der Waals surface area contributed by atoms with Crippen LogP contribution in [0, 0.1) is 0 Å². The second kappa shape index (κ2) is 13.0. The van der Waals surface area contributed by atoms with E-state index >= 15 is 0 Å². The van der Waals surface area contributed by atoms with Crippen molar-refractivity contribution in [3.05, 3.63) is 107 Å². The molecule has 1 aliphatic rings. The zero-order valence-electron chi connectivity index (χ0n) is 21.1. The maximum atomic E-state index is 11.1. The predicted octanol–water partition coefficient (Wildman–Crippen LogP) is 4.72. The summed E-state index contributed by atoms with van der Waals surface area (Å²) < 4.78 is 5.10. The highest BCUT2D eigenvalue weighted by Gasteiger charge is 2.41. The van der Waals surface area contributed by atoms with Gasteiger partial charge in [-0.3, -0.25) is 0 Å². The van der Waals surface area contributed by atoms with Crippen LogP contribution in [0.1, 0.15) is 16.7 Å². The van der Waals surface area contributed by atoms with Gasteiger partial charge in [-0.15, -0.1) is 11.3 Å². The number of thiazole rings is 1. The molecule has 0 radical (unpaired) electrons. The van der Waals surface area contributed by atoms with Gasteiger partial charge in [0.15, 0.2) is 11.3 Å². The number of carbonyl (C=O) groups is 1. The summed E-state index contributed by atoms with van der Waals surface area (Å²) in [6.45, 7) is 4.02. The molecule has 1 fully saturated rings. The third-order valence-corrected chi connectivity index (χ3v) is 6.73. The molecule has 0 saturated carbocycles. The van der Waals surface area contributed by atoms with Crippen LogP contribution in [0.15, 0.2) is 95.5 Å². The second-order valence-electron chi connectivity index (χ2n) is 8.61. The third kappa shape index (κ3) is 6.44. The van der Waals surface area contributed by atoms with Crippen molar-refractivity contribution in [1.82, 2.24) is 9.88 Å². The van der Waals surface area contributed by atoms with Crippen molar-refractivity contribution >= 4 is 28.7 Å². The van der Waals surface area contributed by atoms with Crippen LogP contribution >= 0.6 is 11.3 Å². The van der Waals surface area contributed by atoms with E-state index < -0.39 is 11.6 Å². The fourth-order valence-electron chi connectivity index (χ4n) is 4.21. The van der Waals surface area contributed by atoms with Gasteiger partial charge in [0.2, 0.25) is 5.60 Å². The molecule has 5 rings (SSSR count). The molecule has 3 N–H and O–H groups in total. The molecule has 1 saturated heterocycles. The van der Waals surface area contributed by atoms with Gasteiger partial charge in [-0.1, -0.05) is 90.1 Å². The van der Waals surface area contributed by atoms with E-state index in [2.05, 4.69) is 22.1 Å². The second-order valence-corrected chi connectivity index (χ2v) is 9.50. The monoisotopic (exact) mass is 530 g/mol. The first-order valence-electron chi connectivity index (χ1n) is 12.1. The Balaban J connectivity index is 0.000000417. The summed E-state index contributed by atoms with van der Waals surface area (Å²) in [6, 6.07) is 26.8. The van der Waals surface area contributed by atoms with Crippen LogP contribution in [0.3, 0.4) is 0 Å². The number of aromatic nitrogens is 1. The fourth-order valence-corrected chi connectivity index (χ4v) is 4.77. The molecule has 8 nitrogen and oxygen atoms in total. The minimum Gasteiger partial charge on any atom is -0.477 e.